The molecule has 0 bridgehead atoms. The van der Waals surface area contributed by atoms with Crippen LogP contribution in [0.2, 0.25) is 0 Å². The van der Waals surface area contributed by atoms with Crippen molar-refractivity contribution in [2.24, 2.45) is 11.8 Å². The number of carbonyl (C=O) groups excluding carboxylic acids is 2. The molecule has 1 heterocycles. The monoisotopic (exact) mass is 343 g/mol. The van der Waals surface area contributed by atoms with E-state index in [1.165, 1.54) is 11.3 Å². The van der Waals surface area contributed by atoms with E-state index in [1.807, 2.05) is 4.90 Å². The maximum absolute atomic E-state index is 12.9. The van der Waals surface area contributed by atoms with Crippen LogP contribution in [0.3, 0.4) is 0 Å². The Morgan fingerprint density at radius 1 is 1.04 bits per heavy atom. The van der Waals surface area contributed by atoms with Crippen LogP contribution in [0.25, 0.3) is 0 Å². The Balaban J connectivity index is 1.66. The molecular formula is C20H27N2O3-. The smallest absolute Gasteiger partial charge is 0.226 e. The largest absolute Gasteiger partial charge is 0.550 e. The van der Waals surface area contributed by atoms with Gasteiger partial charge in [0.15, 0.2) is 0 Å². The molecule has 1 aromatic rings. The number of carboxylic acids is 1. The van der Waals surface area contributed by atoms with Crippen molar-refractivity contribution in [3.8, 4) is 0 Å². The lowest BCUT2D eigenvalue weighted by Crippen LogP contribution is -2.56. The van der Waals surface area contributed by atoms with Gasteiger partial charge in [0.2, 0.25) is 5.91 Å². The molecule has 0 unspecified atom stereocenters. The first kappa shape index (κ1) is 17.8. The number of carbonyl (C=O) groups is 2. The Labute approximate surface area is 149 Å². The number of rotatable bonds is 3. The van der Waals surface area contributed by atoms with Crippen LogP contribution in [-0.2, 0) is 9.59 Å². The third-order valence-corrected chi connectivity index (χ3v) is 5.69. The fourth-order valence-electron chi connectivity index (χ4n) is 4.22. The molecule has 1 amide bonds. The molecule has 1 saturated heterocycles. The lowest BCUT2D eigenvalue weighted by Gasteiger charge is -2.43. The molecule has 136 valence electrons. The number of anilines is 1. The van der Waals surface area contributed by atoms with Crippen LogP contribution < -0.4 is 10.0 Å². The van der Waals surface area contributed by atoms with E-state index < -0.39 is 17.8 Å². The summed E-state index contributed by atoms with van der Waals surface area (Å²) in [5.74, 6) is -2.09. The van der Waals surface area contributed by atoms with Crippen LogP contribution in [0.15, 0.2) is 24.3 Å². The quantitative estimate of drug-likeness (QED) is 0.836. The third-order valence-electron chi connectivity index (χ3n) is 5.69. The number of hydrogen-bond acceptors (Lipinski definition) is 4. The van der Waals surface area contributed by atoms with Crippen LogP contribution in [0, 0.1) is 18.8 Å². The van der Waals surface area contributed by atoms with E-state index in [2.05, 4.69) is 43.0 Å². The molecule has 2 fully saturated rings. The number of piperazine rings is 1. The summed E-state index contributed by atoms with van der Waals surface area (Å²) >= 11 is 0. The number of hydrogen-bond donors (Lipinski definition) is 0. The first-order valence-electron chi connectivity index (χ1n) is 9.30. The highest BCUT2D eigenvalue weighted by Gasteiger charge is 2.36. The number of carboxylic acid groups (broad SMARTS) is 1. The van der Waals surface area contributed by atoms with Crippen molar-refractivity contribution in [1.29, 1.82) is 0 Å². The highest BCUT2D eigenvalue weighted by molar-refractivity contribution is 5.84. The van der Waals surface area contributed by atoms with Gasteiger partial charge in [0.25, 0.3) is 0 Å². The summed E-state index contributed by atoms with van der Waals surface area (Å²) < 4.78 is 0. The zero-order valence-electron chi connectivity index (χ0n) is 15.1. The number of benzene rings is 1. The van der Waals surface area contributed by atoms with Crippen molar-refractivity contribution < 1.29 is 14.7 Å². The molecule has 2 aliphatic rings. The summed E-state index contributed by atoms with van der Waals surface area (Å²) in [5, 5.41) is 11.4. The normalized spacial score (nSPS) is 27.2. The molecule has 3 rings (SSSR count). The van der Waals surface area contributed by atoms with Gasteiger partial charge in [-0.3, -0.25) is 4.79 Å². The number of aliphatic carboxylic acids is 1. The first-order valence-corrected chi connectivity index (χ1v) is 9.30. The predicted molar refractivity (Wildman–Crippen MR) is 95.0 cm³/mol. The van der Waals surface area contributed by atoms with E-state index in [0.717, 1.165) is 19.4 Å². The second kappa shape index (κ2) is 7.46. The van der Waals surface area contributed by atoms with Crippen molar-refractivity contribution >= 4 is 17.6 Å². The van der Waals surface area contributed by atoms with E-state index >= 15 is 0 Å². The molecule has 1 saturated carbocycles. The van der Waals surface area contributed by atoms with Gasteiger partial charge in [-0.2, -0.15) is 0 Å². The topological polar surface area (TPSA) is 63.7 Å². The second-order valence-corrected chi connectivity index (χ2v) is 7.48. The Morgan fingerprint density at radius 3 is 2.28 bits per heavy atom. The highest BCUT2D eigenvalue weighted by Crippen LogP contribution is 2.32. The van der Waals surface area contributed by atoms with Gasteiger partial charge < -0.3 is 19.7 Å². The fourth-order valence-corrected chi connectivity index (χ4v) is 4.22. The molecule has 3 atom stereocenters. The summed E-state index contributed by atoms with van der Waals surface area (Å²) in [4.78, 5) is 28.5. The van der Waals surface area contributed by atoms with Crippen molar-refractivity contribution in [3.05, 3.63) is 29.8 Å². The van der Waals surface area contributed by atoms with Gasteiger partial charge in [0.1, 0.15) is 0 Å². The molecule has 1 aliphatic carbocycles. The molecule has 0 N–H and O–H groups in total. The van der Waals surface area contributed by atoms with Gasteiger partial charge in [-0.15, -0.1) is 0 Å². The number of aryl methyl sites for hydroxylation is 1. The van der Waals surface area contributed by atoms with Crippen LogP contribution >= 0.6 is 0 Å². The Kier molecular flexibility index (Phi) is 5.30. The van der Waals surface area contributed by atoms with Gasteiger partial charge in [0.05, 0.1) is 0 Å². The average molecular weight is 343 g/mol. The maximum Gasteiger partial charge on any atom is 0.226 e. The molecular weight excluding hydrogens is 316 g/mol. The Hall–Kier alpha value is -2.04. The lowest BCUT2D eigenvalue weighted by molar-refractivity contribution is -0.314. The lowest BCUT2D eigenvalue weighted by atomic mass is 9.78. The van der Waals surface area contributed by atoms with Gasteiger partial charge in [-0.1, -0.05) is 30.5 Å². The van der Waals surface area contributed by atoms with Crippen LogP contribution in [0.4, 0.5) is 5.69 Å². The first-order chi connectivity index (χ1) is 12.0. The van der Waals surface area contributed by atoms with E-state index in [1.54, 1.807) is 0 Å². The van der Waals surface area contributed by atoms with Crippen molar-refractivity contribution in [2.45, 2.75) is 45.6 Å². The summed E-state index contributed by atoms with van der Waals surface area (Å²) in [6.07, 6.45) is 3.04. The minimum atomic E-state index is -1.07. The summed E-state index contributed by atoms with van der Waals surface area (Å²) in [6, 6.07) is 8.66. The standard InChI is InChI=1S/C20H28N2O3/c1-14-7-9-16(10-8-14)22-12-11-21(13-15(22)2)19(23)17-5-3-4-6-18(17)20(24)25/h7-10,15,17-18H,3-6,11-13H2,1-2H3,(H,24,25)/p-1/t15-,17+,18-/m0/s1. The van der Waals surface area contributed by atoms with Gasteiger partial charge >= 0.3 is 0 Å². The van der Waals surface area contributed by atoms with Crippen LogP contribution in [0.1, 0.15) is 38.2 Å². The summed E-state index contributed by atoms with van der Waals surface area (Å²) in [5.41, 5.74) is 2.41. The number of amides is 1. The average Bonchev–Trinajstić information content (AvgIpc) is 2.62. The zero-order valence-corrected chi connectivity index (χ0v) is 15.1. The van der Waals surface area contributed by atoms with E-state index in [0.29, 0.717) is 25.9 Å². The Morgan fingerprint density at radius 2 is 1.68 bits per heavy atom. The molecule has 5 nitrogen and oxygen atoms in total. The molecule has 0 radical (unpaired) electrons. The zero-order chi connectivity index (χ0) is 18.0. The summed E-state index contributed by atoms with van der Waals surface area (Å²) in [6.45, 7) is 6.26. The minimum Gasteiger partial charge on any atom is -0.550 e. The Bertz CT molecular complexity index is 628. The molecule has 25 heavy (non-hydrogen) atoms. The molecule has 1 aliphatic heterocycles. The SMILES string of the molecule is Cc1ccc(N2CCN(C(=O)[C@@H]3CCCC[C@@H]3C(=O)[O-])C[C@@H]2C)cc1. The molecule has 1 aromatic carbocycles. The van der Waals surface area contributed by atoms with E-state index in [9.17, 15) is 14.7 Å². The maximum atomic E-state index is 12.9. The van der Waals surface area contributed by atoms with Crippen molar-refractivity contribution in [3.63, 3.8) is 0 Å². The third kappa shape index (κ3) is 3.80. The molecule has 0 spiro atoms. The summed E-state index contributed by atoms with van der Waals surface area (Å²) in [7, 11) is 0. The number of nitrogens with zero attached hydrogens (tertiary/aromatic N) is 2. The van der Waals surface area contributed by atoms with Crippen molar-refractivity contribution in [2.75, 3.05) is 24.5 Å². The van der Waals surface area contributed by atoms with Gasteiger partial charge in [-0.05, 0) is 38.8 Å². The van der Waals surface area contributed by atoms with Crippen LogP contribution in [-0.4, -0.2) is 42.5 Å². The molecule has 5 heteroatoms. The van der Waals surface area contributed by atoms with Crippen LogP contribution in [0.5, 0.6) is 0 Å². The van der Waals surface area contributed by atoms with E-state index in [4.69, 9.17) is 0 Å². The van der Waals surface area contributed by atoms with Gasteiger partial charge in [0, 0.05) is 49.2 Å². The minimum absolute atomic E-state index is 0.00399. The van der Waals surface area contributed by atoms with Gasteiger partial charge in [-0.25, -0.2) is 0 Å². The predicted octanol–water partition coefficient (Wildman–Crippen LogP) is 1.59. The second-order valence-electron chi connectivity index (χ2n) is 7.48. The highest BCUT2D eigenvalue weighted by atomic mass is 16.4. The van der Waals surface area contributed by atoms with Crippen molar-refractivity contribution in [1.82, 2.24) is 4.90 Å². The van der Waals surface area contributed by atoms with E-state index in [-0.39, 0.29) is 11.9 Å². The molecule has 0 aromatic heterocycles. The fraction of sp³-hybridized carbons (Fsp3) is 0.600.